The SMILES string of the molecule is NC[C@@H]1CC[C@@H](NCC2CC(N)C2)[C@@H](OC2[C@@H](N)C[C@@H](NC(CO)CO)[C@H](O[C@H]3O[C@H](CO)[C@@H](O)[C@H](N)[C@H]3O)[C@H]2O)O1. The zero-order valence-electron chi connectivity index (χ0n) is 23.9. The van der Waals surface area contributed by atoms with Gasteiger partial charge in [-0.3, -0.25) is 0 Å². The standard InChI is InChI=1S/C26H52N6O10/c27-6-14-1-2-16(31-7-11-3-12(28)4-11)25(39-14)41-23-15(29)5-17(32-13(8-33)9-34)24(22(23)38)42-26-21(37)19(30)20(36)18(10-35)40-26/h11-26,31-38H,1-10,27-30H2/t11?,12?,14-,15-,16+,17+,18+,19-,20+,21+,22-,23?,24-,25+,26+/m0/s1. The molecule has 16 nitrogen and oxygen atoms in total. The van der Waals surface area contributed by atoms with Crippen LogP contribution in [0.1, 0.15) is 32.1 Å². The van der Waals surface area contributed by atoms with Crippen molar-refractivity contribution in [2.45, 2.75) is 124 Å². The van der Waals surface area contributed by atoms with Crippen LogP contribution in [0.5, 0.6) is 0 Å². The van der Waals surface area contributed by atoms with Gasteiger partial charge in [0.2, 0.25) is 0 Å². The minimum atomic E-state index is -1.49. The normalized spacial score (nSPS) is 46.5. The Morgan fingerprint density at radius 3 is 2.12 bits per heavy atom. The third-order valence-electron chi connectivity index (χ3n) is 9.09. The molecule has 4 fully saturated rings. The Hall–Kier alpha value is -0.640. The lowest BCUT2D eigenvalue weighted by Gasteiger charge is -2.49. The maximum absolute atomic E-state index is 11.6. The van der Waals surface area contributed by atoms with Crippen LogP contribution in [0.4, 0.5) is 0 Å². The van der Waals surface area contributed by atoms with Gasteiger partial charge in [-0.1, -0.05) is 0 Å². The molecule has 16 N–H and O–H groups in total. The highest BCUT2D eigenvalue weighted by atomic mass is 16.7. The number of ether oxygens (including phenoxy) is 4. The van der Waals surface area contributed by atoms with Gasteiger partial charge in [-0.05, 0) is 44.6 Å². The number of aliphatic hydroxyl groups is 6. The van der Waals surface area contributed by atoms with Gasteiger partial charge in [0, 0.05) is 24.7 Å². The zero-order chi connectivity index (χ0) is 30.6. The Morgan fingerprint density at radius 2 is 1.50 bits per heavy atom. The highest BCUT2D eigenvalue weighted by Crippen LogP contribution is 2.32. The molecule has 16 heteroatoms. The number of nitrogens with two attached hydrogens (primary N) is 4. The van der Waals surface area contributed by atoms with Gasteiger partial charge in [-0.15, -0.1) is 0 Å². The molecular formula is C26H52N6O10. The molecule has 246 valence electrons. The lowest BCUT2D eigenvalue weighted by molar-refractivity contribution is -0.315. The first-order valence-corrected chi connectivity index (χ1v) is 15.0. The van der Waals surface area contributed by atoms with Crippen LogP contribution >= 0.6 is 0 Å². The van der Waals surface area contributed by atoms with Gasteiger partial charge in [0.05, 0.1) is 44.1 Å². The monoisotopic (exact) mass is 608 g/mol. The third kappa shape index (κ3) is 7.95. The lowest BCUT2D eigenvalue weighted by Crippen LogP contribution is -2.69. The summed E-state index contributed by atoms with van der Waals surface area (Å²) in [5.41, 5.74) is 24.3. The van der Waals surface area contributed by atoms with Crippen molar-refractivity contribution >= 4 is 0 Å². The molecule has 2 aliphatic carbocycles. The predicted octanol–water partition coefficient (Wildman–Crippen LogP) is -5.91. The fraction of sp³-hybridized carbons (Fsp3) is 1.00. The number of nitrogens with one attached hydrogen (secondary N) is 2. The van der Waals surface area contributed by atoms with Gasteiger partial charge in [0.1, 0.15) is 36.6 Å². The fourth-order valence-electron chi connectivity index (χ4n) is 6.39. The molecule has 2 saturated carbocycles. The van der Waals surface area contributed by atoms with Crippen molar-refractivity contribution in [3.63, 3.8) is 0 Å². The average molecular weight is 609 g/mol. The summed E-state index contributed by atoms with van der Waals surface area (Å²) in [6.07, 6.45) is -6.29. The van der Waals surface area contributed by atoms with E-state index < -0.39 is 93.2 Å². The van der Waals surface area contributed by atoms with Gasteiger partial charge in [0.15, 0.2) is 12.6 Å². The van der Waals surface area contributed by atoms with Crippen LogP contribution in [0.2, 0.25) is 0 Å². The van der Waals surface area contributed by atoms with Gasteiger partial charge in [0.25, 0.3) is 0 Å². The van der Waals surface area contributed by atoms with Crippen molar-refractivity contribution in [2.75, 3.05) is 32.9 Å². The Bertz CT molecular complexity index is 812. The summed E-state index contributed by atoms with van der Waals surface area (Å²) in [4.78, 5) is 0. The van der Waals surface area contributed by atoms with Gasteiger partial charge in [-0.25, -0.2) is 0 Å². The van der Waals surface area contributed by atoms with Crippen LogP contribution in [-0.4, -0.2) is 155 Å². The van der Waals surface area contributed by atoms with Crippen LogP contribution in [0, 0.1) is 5.92 Å². The second-order valence-corrected chi connectivity index (χ2v) is 12.3. The smallest absolute Gasteiger partial charge is 0.186 e. The molecule has 4 rings (SSSR count). The van der Waals surface area contributed by atoms with Crippen LogP contribution in [0.15, 0.2) is 0 Å². The lowest BCUT2D eigenvalue weighted by atomic mass is 9.80. The van der Waals surface area contributed by atoms with E-state index in [1.165, 1.54) is 0 Å². The molecule has 1 unspecified atom stereocenters. The second-order valence-electron chi connectivity index (χ2n) is 12.3. The van der Waals surface area contributed by atoms with E-state index in [1.54, 1.807) is 0 Å². The number of hydrogen-bond donors (Lipinski definition) is 12. The molecule has 4 aliphatic rings. The maximum atomic E-state index is 11.6. The summed E-state index contributed by atoms with van der Waals surface area (Å²) in [6, 6.07) is -3.31. The molecule has 0 amide bonds. The van der Waals surface area contributed by atoms with E-state index in [-0.39, 0.29) is 24.6 Å². The molecule has 2 heterocycles. The Kier molecular flexibility index (Phi) is 12.7. The van der Waals surface area contributed by atoms with E-state index >= 15 is 0 Å². The van der Waals surface area contributed by atoms with Crippen LogP contribution in [0.3, 0.4) is 0 Å². The molecule has 0 aromatic heterocycles. The summed E-state index contributed by atoms with van der Waals surface area (Å²) in [7, 11) is 0. The molecule has 0 radical (unpaired) electrons. The van der Waals surface area contributed by atoms with E-state index in [0.29, 0.717) is 12.5 Å². The van der Waals surface area contributed by atoms with Crippen LogP contribution in [0.25, 0.3) is 0 Å². The molecule has 0 aromatic carbocycles. The first-order valence-electron chi connectivity index (χ1n) is 15.0. The molecule has 0 bridgehead atoms. The average Bonchev–Trinajstić information content (AvgIpc) is 2.97. The number of aliphatic hydroxyl groups excluding tert-OH is 6. The Morgan fingerprint density at radius 1 is 0.810 bits per heavy atom. The quantitative estimate of drug-likeness (QED) is 0.0926. The zero-order valence-corrected chi connectivity index (χ0v) is 23.9. The molecule has 42 heavy (non-hydrogen) atoms. The molecule has 2 aliphatic heterocycles. The van der Waals surface area contributed by atoms with Crippen molar-refractivity contribution in [2.24, 2.45) is 28.9 Å². The summed E-state index contributed by atoms with van der Waals surface area (Å²) in [5.74, 6) is 0.473. The number of rotatable bonds is 13. The molecular weight excluding hydrogens is 556 g/mol. The van der Waals surface area contributed by atoms with Gasteiger partial charge < -0.3 is 83.2 Å². The minimum Gasteiger partial charge on any atom is -0.395 e. The van der Waals surface area contributed by atoms with Crippen LogP contribution < -0.4 is 33.6 Å². The minimum absolute atomic E-state index is 0.180. The molecule has 2 saturated heterocycles. The predicted molar refractivity (Wildman–Crippen MR) is 148 cm³/mol. The maximum Gasteiger partial charge on any atom is 0.186 e. The van der Waals surface area contributed by atoms with E-state index in [1.807, 2.05) is 0 Å². The largest absolute Gasteiger partial charge is 0.395 e. The van der Waals surface area contributed by atoms with Crippen molar-refractivity contribution < 1.29 is 49.6 Å². The van der Waals surface area contributed by atoms with Crippen molar-refractivity contribution in [1.82, 2.24) is 10.6 Å². The summed E-state index contributed by atoms with van der Waals surface area (Å²) < 4.78 is 24.2. The van der Waals surface area contributed by atoms with E-state index in [9.17, 15) is 30.6 Å². The summed E-state index contributed by atoms with van der Waals surface area (Å²) in [6.45, 7) is -0.309. The third-order valence-corrected chi connectivity index (χ3v) is 9.09. The molecule has 0 aromatic rings. The Labute approximate surface area is 246 Å². The summed E-state index contributed by atoms with van der Waals surface area (Å²) in [5, 5.41) is 68.2. The van der Waals surface area contributed by atoms with Crippen molar-refractivity contribution in [3.8, 4) is 0 Å². The van der Waals surface area contributed by atoms with Gasteiger partial charge in [-0.2, -0.15) is 0 Å². The summed E-state index contributed by atoms with van der Waals surface area (Å²) >= 11 is 0. The number of hydrogen-bond acceptors (Lipinski definition) is 16. The highest BCUT2D eigenvalue weighted by molar-refractivity contribution is 5.03. The van der Waals surface area contributed by atoms with Gasteiger partial charge >= 0.3 is 0 Å². The topological polar surface area (TPSA) is 286 Å². The van der Waals surface area contributed by atoms with Crippen molar-refractivity contribution in [3.05, 3.63) is 0 Å². The first kappa shape index (κ1) is 34.2. The second kappa shape index (κ2) is 15.6. The molecule has 13 atom stereocenters. The van der Waals surface area contributed by atoms with Crippen molar-refractivity contribution in [1.29, 1.82) is 0 Å². The van der Waals surface area contributed by atoms with E-state index in [4.69, 9.17) is 41.9 Å². The van der Waals surface area contributed by atoms with E-state index in [0.717, 1.165) is 32.2 Å². The highest BCUT2D eigenvalue weighted by Gasteiger charge is 2.51. The molecule has 0 spiro atoms. The Balaban J connectivity index is 1.51. The van der Waals surface area contributed by atoms with Crippen LogP contribution in [-0.2, 0) is 18.9 Å². The van der Waals surface area contributed by atoms with E-state index in [2.05, 4.69) is 10.6 Å². The fourth-order valence-corrected chi connectivity index (χ4v) is 6.39. The first-order chi connectivity index (χ1) is 20.1.